The quantitative estimate of drug-likeness (QED) is 0.168. The van der Waals surface area contributed by atoms with Crippen molar-refractivity contribution in [1.29, 1.82) is 0 Å². The van der Waals surface area contributed by atoms with Crippen LogP contribution in [0.3, 0.4) is 0 Å². The number of H-pyrrole nitrogens is 1. The van der Waals surface area contributed by atoms with Crippen LogP contribution in [0.15, 0.2) is 11.1 Å². The highest BCUT2D eigenvalue weighted by molar-refractivity contribution is 7.66. The number of nitrogens with zero attached hydrogens (tertiary/aromatic N) is 3. The van der Waals surface area contributed by atoms with Crippen LogP contribution in [0.25, 0.3) is 11.2 Å². The molecule has 9 N–H and O–H groups in total. The second-order valence-electron chi connectivity index (χ2n) is 6.21. The Hall–Kier alpha value is -1.56. The molecule has 180 valence electrons. The fourth-order valence-electron chi connectivity index (χ4n) is 2.70. The lowest BCUT2D eigenvalue weighted by atomic mass is 10.1. The fourth-order valence-corrected chi connectivity index (χ4v) is 5.73. The van der Waals surface area contributed by atoms with Gasteiger partial charge in [-0.1, -0.05) is 0 Å². The van der Waals surface area contributed by atoms with Gasteiger partial charge in [0.25, 0.3) is 5.56 Å². The number of anilines is 1. The Balaban J connectivity index is 1.72. The molecule has 0 amide bonds. The first-order valence-electron chi connectivity index (χ1n) is 8.11. The van der Waals surface area contributed by atoms with Gasteiger partial charge in [0, 0.05) is 0 Å². The minimum absolute atomic E-state index is 0.115. The molecule has 0 bridgehead atoms. The summed E-state index contributed by atoms with van der Waals surface area (Å²) in [5.74, 6) is -0.276. The SMILES string of the molecule is Nc1nc2c(ncn2[C@H]2O[C@@H](COP(=O)(O)OP(=O)(O)OP(=O)(O)O)[C@@H](O)[C@@H]2O)c(=O)[nH]1. The molecule has 3 rings (SSSR count). The molecule has 1 aliphatic heterocycles. The van der Waals surface area contributed by atoms with Crippen LogP contribution >= 0.6 is 23.5 Å². The number of nitrogens with one attached hydrogen (secondary N) is 1. The maximum Gasteiger partial charge on any atom is 0.490 e. The van der Waals surface area contributed by atoms with Crippen LogP contribution < -0.4 is 11.3 Å². The summed E-state index contributed by atoms with van der Waals surface area (Å²) in [7, 11) is -16.8. The number of phosphoric ester groups is 1. The molecule has 32 heavy (non-hydrogen) atoms. The Morgan fingerprint density at radius 3 is 2.41 bits per heavy atom. The highest BCUT2D eigenvalue weighted by atomic mass is 31.3. The largest absolute Gasteiger partial charge is 0.490 e. The van der Waals surface area contributed by atoms with E-state index >= 15 is 0 Å². The summed E-state index contributed by atoms with van der Waals surface area (Å²) < 4.78 is 51.6. The Morgan fingerprint density at radius 2 is 1.78 bits per heavy atom. The summed E-state index contributed by atoms with van der Waals surface area (Å²) in [4.78, 5) is 57.3. The van der Waals surface area contributed by atoms with Crippen molar-refractivity contribution >= 4 is 40.6 Å². The maximum atomic E-state index is 11.9. The second-order valence-corrected chi connectivity index (χ2v) is 10.6. The lowest BCUT2D eigenvalue weighted by Crippen LogP contribution is -2.33. The number of hydrogen-bond acceptors (Lipinski definition) is 13. The zero-order valence-electron chi connectivity index (χ0n) is 15.3. The molecule has 19 nitrogen and oxygen atoms in total. The van der Waals surface area contributed by atoms with Crippen molar-refractivity contribution in [3.63, 3.8) is 0 Å². The number of imidazole rings is 1. The van der Waals surface area contributed by atoms with Crippen LogP contribution in [0, 0.1) is 0 Å². The molecule has 1 aliphatic rings. The Labute approximate surface area is 175 Å². The van der Waals surface area contributed by atoms with Gasteiger partial charge in [-0.3, -0.25) is 18.9 Å². The minimum atomic E-state index is -5.73. The molecule has 0 spiro atoms. The first-order chi connectivity index (χ1) is 14.6. The first kappa shape index (κ1) is 25.1. The van der Waals surface area contributed by atoms with Crippen LogP contribution in [0.4, 0.5) is 5.95 Å². The van der Waals surface area contributed by atoms with E-state index < -0.39 is 60.2 Å². The van der Waals surface area contributed by atoms with Gasteiger partial charge in [0.1, 0.15) is 18.3 Å². The van der Waals surface area contributed by atoms with Gasteiger partial charge in [-0.15, -0.1) is 0 Å². The molecule has 2 aromatic rings. The van der Waals surface area contributed by atoms with Gasteiger partial charge < -0.3 is 40.3 Å². The number of nitrogen functional groups attached to an aromatic ring is 1. The second kappa shape index (κ2) is 8.66. The van der Waals surface area contributed by atoms with Crippen LogP contribution in [-0.2, 0) is 31.6 Å². The van der Waals surface area contributed by atoms with Gasteiger partial charge >= 0.3 is 23.5 Å². The average Bonchev–Trinajstić information content (AvgIpc) is 3.12. The van der Waals surface area contributed by atoms with E-state index in [0.717, 1.165) is 10.9 Å². The number of aromatic nitrogens is 4. The van der Waals surface area contributed by atoms with Crippen molar-refractivity contribution in [3.8, 4) is 0 Å². The summed E-state index contributed by atoms with van der Waals surface area (Å²) in [6.45, 7) is -1.01. The zero-order valence-corrected chi connectivity index (χ0v) is 18.0. The smallest absolute Gasteiger partial charge is 0.387 e. The molecule has 2 aromatic heterocycles. The van der Waals surface area contributed by atoms with Gasteiger partial charge in [0.2, 0.25) is 5.95 Å². The molecule has 1 saturated heterocycles. The Morgan fingerprint density at radius 1 is 1.12 bits per heavy atom. The molecule has 0 aliphatic carbocycles. The van der Waals surface area contributed by atoms with Crippen molar-refractivity contribution < 1.29 is 61.4 Å². The maximum absolute atomic E-state index is 11.9. The normalized spacial score (nSPS) is 27.9. The zero-order chi connectivity index (χ0) is 24.1. The standard InChI is InChI=1S/C10H16N5O14P3/c11-10-13-7-4(8(18)14-10)12-2-15(7)9-6(17)5(16)3(27-9)1-26-31(22,23)29-32(24,25)28-30(19,20)21/h2-3,5-6,9,16-17H,1H2,(H,22,23)(H,24,25)(H2,19,20,21)(H3,11,13,14,18)/t3-,5+,6-,9-/m0/s1. The van der Waals surface area contributed by atoms with Gasteiger partial charge in [-0.05, 0) is 0 Å². The summed E-state index contributed by atoms with van der Waals surface area (Å²) in [5.41, 5.74) is 4.50. The lowest BCUT2D eigenvalue weighted by molar-refractivity contribution is -0.0503. The summed E-state index contributed by atoms with van der Waals surface area (Å²) in [6, 6.07) is 0. The van der Waals surface area contributed by atoms with E-state index in [2.05, 4.69) is 28.1 Å². The average molecular weight is 523 g/mol. The number of phosphoric acid groups is 3. The van der Waals surface area contributed by atoms with Crippen molar-refractivity contribution in [2.45, 2.75) is 24.5 Å². The first-order valence-corrected chi connectivity index (χ1v) is 12.6. The third-order valence-electron chi connectivity index (χ3n) is 3.88. The molecule has 1 fully saturated rings. The van der Waals surface area contributed by atoms with E-state index in [1.165, 1.54) is 0 Å². The number of aromatic amines is 1. The van der Waals surface area contributed by atoms with Gasteiger partial charge in [-0.2, -0.15) is 13.6 Å². The monoisotopic (exact) mass is 523 g/mol. The number of ether oxygens (including phenoxy) is 1. The Kier molecular flexibility index (Phi) is 6.78. The highest BCUT2D eigenvalue weighted by Crippen LogP contribution is 2.66. The van der Waals surface area contributed by atoms with Crippen LogP contribution in [0.5, 0.6) is 0 Å². The Bertz CT molecular complexity index is 1210. The van der Waals surface area contributed by atoms with Crippen LogP contribution in [0.1, 0.15) is 6.23 Å². The van der Waals surface area contributed by atoms with Crippen LogP contribution in [-0.4, -0.2) is 74.2 Å². The predicted molar refractivity (Wildman–Crippen MR) is 98.3 cm³/mol. The van der Waals surface area contributed by atoms with Crippen molar-refractivity contribution in [3.05, 3.63) is 16.7 Å². The summed E-state index contributed by atoms with van der Waals surface area (Å²) in [6.07, 6.45) is -5.33. The molecule has 0 saturated carbocycles. The molecular formula is C10H16N5O14P3. The molecule has 0 aromatic carbocycles. The number of hydrogen-bond donors (Lipinski definition) is 8. The molecular weight excluding hydrogens is 507 g/mol. The van der Waals surface area contributed by atoms with E-state index in [1.807, 2.05) is 0 Å². The topological polar surface area (TPSA) is 299 Å². The highest BCUT2D eigenvalue weighted by Gasteiger charge is 2.47. The van der Waals surface area contributed by atoms with Crippen molar-refractivity contribution in [1.82, 2.24) is 19.5 Å². The number of aliphatic hydroxyl groups excluding tert-OH is 2. The van der Waals surface area contributed by atoms with E-state index in [4.69, 9.17) is 25.2 Å². The molecule has 22 heteroatoms. The van der Waals surface area contributed by atoms with E-state index in [1.54, 1.807) is 0 Å². The molecule has 6 atom stereocenters. The number of nitrogens with two attached hydrogens (primary N) is 1. The summed E-state index contributed by atoms with van der Waals surface area (Å²) >= 11 is 0. The fraction of sp³-hybridized carbons (Fsp3) is 0.500. The third-order valence-corrected chi connectivity index (χ3v) is 7.68. The number of fused-ring (bicyclic) bond motifs is 1. The van der Waals surface area contributed by atoms with E-state index in [-0.39, 0.29) is 17.1 Å². The molecule has 2 unspecified atom stereocenters. The lowest BCUT2D eigenvalue weighted by Gasteiger charge is -2.19. The van der Waals surface area contributed by atoms with Gasteiger partial charge in [0.15, 0.2) is 17.4 Å². The van der Waals surface area contributed by atoms with Crippen molar-refractivity contribution in [2.24, 2.45) is 0 Å². The number of aliphatic hydroxyl groups is 2. The summed E-state index contributed by atoms with van der Waals surface area (Å²) in [5, 5.41) is 20.4. The third kappa shape index (κ3) is 5.67. The van der Waals surface area contributed by atoms with Gasteiger partial charge in [-0.25, -0.2) is 18.7 Å². The van der Waals surface area contributed by atoms with E-state index in [9.17, 15) is 33.6 Å². The van der Waals surface area contributed by atoms with Crippen LogP contribution in [0.2, 0.25) is 0 Å². The van der Waals surface area contributed by atoms with E-state index in [0.29, 0.717) is 0 Å². The van der Waals surface area contributed by atoms with Crippen molar-refractivity contribution in [2.75, 3.05) is 12.3 Å². The molecule has 3 heterocycles. The predicted octanol–water partition coefficient (Wildman–Crippen LogP) is -2.34. The number of rotatable bonds is 8. The molecule has 0 radical (unpaired) electrons. The van der Waals surface area contributed by atoms with Gasteiger partial charge in [0.05, 0.1) is 12.9 Å². The minimum Gasteiger partial charge on any atom is -0.387 e.